The van der Waals surface area contributed by atoms with Crippen LogP contribution in [-0.2, 0) is 16.0 Å². The van der Waals surface area contributed by atoms with Gasteiger partial charge in [0.05, 0.1) is 11.3 Å². The summed E-state index contributed by atoms with van der Waals surface area (Å²) >= 11 is 0. The molecule has 0 aliphatic carbocycles. The van der Waals surface area contributed by atoms with Crippen LogP contribution in [0.5, 0.6) is 0 Å². The second-order valence-electron chi connectivity index (χ2n) is 4.97. The van der Waals surface area contributed by atoms with Crippen LogP contribution in [0.1, 0.15) is 12.0 Å². The van der Waals surface area contributed by atoms with Crippen molar-refractivity contribution in [3.63, 3.8) is 0 Å². The molecular weight excluding hydrogens is 276 g/mol. The van der Waals surface area contributed by atoms with Crippen LogP contribution in [0.15, 0.2) is 12.1 Å². The van der Waals surface area contributed by atoms with Gasteiger partial charge in [-0.3, -0.25) is 19.7 Å². The van der Waals surface area contributed by atoms with E-state index in [1.807, 2.05) is 0 Å². The number of amides is 2. The highest BCUT2D eigenvalue weighted by atomic mass is 16.6. The molecule has 2 rings (SSSR count). The molecule has 0 atom stereocenters. The third-order valence-electron chi connectivity index (χ3n) is 3.20. The number of anilines is 2. The Kier molecular flexibility index (Phi) is 4.06. The number of rotatable bonds is 5. The third kappa shape index (κ3) is 3.28. The Morgan fingerprint density at radius 1 is 1.48 bits per heavy atom. The molecule has 0 fully saturated rings. The van der Waals surface area contributed by atoms with E-state index >= 15 is 0 Å². The number of fused-ring (bicyclic) bond motifs is 1. The summed E-state index contributed by atoms with van der Waals surface area (Å²) in [5.74, 6) is -0.251. The molecule has 1 heterocycles. The fourth-order valence-corrected chi connectivity index (χ4v) is 2.08. The van der Waals surface area contributed by atoms with Crippen LogP contribution in [0, 0.1) is 10.1 Å². The predicted octanol–water partition coefficient (Wildman–Crippen LogP) is 0.980. The lowest BCUT2D eigenvalue weighted by Crippen LogP contribution is -2.24. The van der Waals surface area contributed by atoms with Gasteiger partial charge in [-0.15, -0.1) is 0 Å². The van der Waals surface area contributed by atoms with Gasteiger partial charge < -0.3 is 15.5 Å². The maximum absolute atomic E-state index is 11.5. The van der Waals surface area contributed by atoms with E-state index in [1.54, 1.807) is 20.2 Å². The second-order valence-corrected chi connectivity index (χ2v) is 4.97. The molecule has 0 bridgehead atoms. The summed E-state index contributed by atoms with van der Waals surface area (Å²) in [6.45, 7) is 0.282. The van der Waals surface area contributed by atoms with Crippen LogP contribution in [0.2, 0.25) is 0 Å². The summed E-state index contributed by atoms with van der Waals surface area (Å²) in [6.07, 6.45) is 0.378. The van der Waals surface area contributed by atoms with E-state index in [9.17, 15) is 19.7 Å². The molecule has 0 unspecified atom stereocenters. The summed E-state index contributed by atoms with van der Waals surface area (Å²) < 4.78 is 0. The van der Waals surface area contributed by atoms with Gasteiger partial charge in [0.15, 0.2) is 0 Å². The first-order chi connectivity index (χ1) is 9.88. The molecule has 112 valence electrons. The molecule has 0 aromatic heterocycles. The van der Waals surface area contributed by atoms with Gasteiger partial charge in [0.25, 0.3) is 5.69 Å². The minimum Gasteiger partial charge on any atom is -0.379 e. The molecule has 8 nitrogen and oxygen atoms in total. The smallest absolute Gasteiger partial charge is 0.292 e. The molecule has 1 aliphatic heterocycles. The number of hydrogen-bond acceptors (Lipinski definition) is 5. The average molecular weight is 292 g/mol. The molecule has 0 saturated carbocycles. The zero-order valence-electron chi connectivity index (χ0n) is 11.8. The highest BCUT2D eigenvalue weighted by Crippen LogP contribution is 2.34. The molecule has 2 N–H and O–H groups in total. The lowest BCUT2D eigenvalue weighted by atomic mass is 10.1. The third-order valence-corrected chi connectivity index (χ3v) is 3.20. The number of benzene rings is 1. The Hall–Kier alpha value is -2.64. The minimum atomic E-state index is -0.501. The predicted molar refractivity (Wildman–Crippen MR) is 77.2 cm³/mol. The summed E-state index contributed by atoms with van der Waals surface area (Å²) in [4.78, 5) is 34.8. The highest BCUT2D eigenvalue weighted by molar-refractivity contribution is 6.00. The first kappa shape index (κ1) is 14.8. The number of carbonyl (C=O) groups is 2. The average Bonchev–Trinajstić information content (AvgIpc) is 2.76. The zero-order valence-corrected chi connectivity index (χ0v) is 11.8. The van der Waals surface area contributed by atoms with Gasteiger partial charge in [-0.2, -0.15) is 0 Å². The minimum absolute atomic E-state index is 0.0698. The van der Waals surface area contributed by atoms with E-state index in [1.165, 1.54) is 11.0 Å². The van der Waals surface area contributed by atoms with Crippen molar-refractivity contribution in [2.24, 2.45) is 0 Å². The van der Waals surface area contributed by atoms with Crippen LogP contribution in [0.25, 0.3) is 0 Å². The van der Waals surface area contributed by atoms with Crippen LogP contribution >= 0.6 is 0 Å². The zero-order chi connectivity index (χ0) is 15.6. The Morgan fingerprint density at radius 2 is 2.19 bits per heavy atom. The Labute approximate surface area is 121 Å². The van der Waals surface area contributed by atoms with Crippen molar-refractivity contribution in [1.29, 1.82) is 0 Å². The number of nitrogens with one attached hydrogen (secondary N) is 2. The van der Waals surface area contributed by atoms with Crippen molar-refractivity contribution < 1.29 is 14.5 Å². The molecular formula is C13H16N4O4. The lowest BCUT2D eigenvalue weighted by molar-refractivity contribution is -0.384. The number of nitro groups is 1. The number of carbonyl (C=O) groups excluding carboxylic acids is 2. The van der Waals surface area contributed by atoms with Crippen molar-refractivity contribution in [1.82, 2.24) is 4.90 Å². The van der Waals surface area contributed by atoms with Gasteiger partial charge in [0, 0.05) is 38.8 Å². The molecule has 0 radical (unpaired) electrons. The van der Waals surface area contributed by atoms with Gasteiger partial charge >= 0.3 is 0 Å². The highest BCUT2D eigenvalue weighted by Gasteiger charge is 2.24. The van der Waals surface area contributed by atoms with Gasteiger partial charge in [0.2, 0.25) is 11.8 Å². The maximum atomic E-state index is 11.5. The summed E-state index contributed by atoms with van der Waals surface area (Å²) in [7, 11) is 3.30. The number of nitro benzene ring substituents is 1. The molecule has 1 aromatic carbocycles. The van der Waals surface area contributed by atoms with Gasteiger partial charge in [-0.25, -0.2) is 0 Å². The molecule has 8 heteroatoms. The topological polar surface area (TPSA) is 105 Å². The maximum Gasteiger partial charge on any atom is 0.292 e. The molecule has 0 spiro atoms. The van der Waals surface area contributed by atoms with Crippen LogP contribution < -0.4 is 10.6 Å². The quantitative estimate of drug-likeness (QED) is 0.621. The van der Waals surface area contributed by atoms with E-state index < -0.39 is 4.92 Å². The first-order valence-corrected chi connectivity index (χ1v) is 6.43. The van der Waals surface area contributed by atoms with Gasteiger partial charge in [-0.1, -0.05) is 0 Å². The van der Waals surface area contributed by atoms with Crippen molar-refractivity contribution in [3.05, 3.63) is 27.8 Å². The summed E-state index contributed by atoms with van der Waals surface area (Å²) in [6, 6.07) is 2.93. The van der Waals surface area contributed by atoms with Crippen LogP contribution in [0.4, 0.5) is 17.1 Å². The van der Waals surface area contributed by atoms with Crippen LogP contribution in [-0.4, -0.2) is 42.3 Å². The molecule has 21 heavy (non-hydrogen) atoms. The Morgan fingerprint density at radius 3 is 2.81 bits per heavy atom. The molecule has 1 aliphatic rings. The van der Waals surface area contributed by atoms with Crippen molar-refractivity contribution in [3.8, 4) is 0 Å². The fraction of sp³-hybridized carbons (Fsp3) is 0.385. The first-order valence-electron chi connectivity index (χ1n) is 6.43. The standard InChI is InChI=1S/C13H16N4O4/c1-16(2)13(19)3-4-14-10-7-9-8(6-12(18)15-9)5-11(10)17(20)21/h5,7,14H,3-4,6H2,1-2H3,(H,15,18). The van der Waals surface area contributed by atoms with E-state index in [0.717, 1.165) is 0 Å². The number of nitrogens with zero attached hydrogens (tertiary/aromatic N) is 2. The van der Waals surface area contributed by atoms with Crippen molar-refractivity contribution >= 4 is 28.9 Å². The SMILES string of the molecule is CN(C)C(=O)CCNc1cc2c(cc1[N+](=O)[O-])CC(=O)N2. The van der Waals surface area contributed by atoms with E-state index in [0.29, 0.717) is 16.9 Å². The lowest BCUT2D eigenvalue weighted by Gasteiger charge is -2.12. The molecule has 1 aromatic rings. The van der Waals surface area contributed by atoms with Gasteiger partial charge in [-0.05, 0) is 11.6 Å². The monoisotopic (exact) mass is 292 g/mol. The van der Waals surface area contributed by atoms with E-state index in [-0.39, 0.29) is 36.9 Å². The Balaban J connectivity index is 2.15. The fourth-order valence-electron chi connectivity index (χ4n) is 2.08. The summed E-state index contributed by atoms with van der Waals surface area (Å²) in [5.41, 5.74) is 1.39. The molecule has 0 saturated heterocycles. The van der Waals surface area contributed by atoms with E-state index in [4.69, 9.17) is 0 Å². The largest absolute Gasteiger partial charge is 0.379 e. The van der Waals surface area contributed by atoms with E-state index in [2.05, 4.69) is 10.6 Å². The second kappa shape index (κ2) is 5.78. The normalized spacial score (nSPS) is 12.6. The Bertz CT molecular complexity index is 612. The van der Waals surface area contributed by atoms with Crippen LogP contribution in [0.3, 0.4) is 0 Å². The van der Waals surface area contributed by atoms with Crippen molar-refractivity contribution in [2.75, 3.05) is 31.3 Å². The molecule has 2 amide bonds. The van der Waals surface area contributed by atoms with Crippen molar-refractivity contribution in [2.45, 2.75) is 12.8 Å². The number of hydrogen-bond donors (Lipinski definition) is 2. The van der Waals surface area contributed by atoms with Gasteiger partial charge in [0.1, 0.15) is 5.69 Å². The summed E-state index contributed by atoms with van der Waals surface area (Å²) in [5, 5.41) is 16.6.